The predicted octanol–water partition coefficient (Wildman–Crippen LogP) is 3.76. The van der Waals surface area contributed by atoms with Crippen LogP contribution in [0.5, 0.6) is 5.75 Å². The number of nitrogens with one attached hydrogen (secondary N) is 2. The first kappa shape index (κ1) is 23.1. The summed E-state index contributed by atoms with van der Waals surface area (Å²) in [6, 6.07) is 15.0. The number of ether oxygens (including phenoxy) is 1. The fourth-order valence-corrected chi connectivity index (χ4v) is 3.77. The Balaban J connectivity index is 1.81. The molecule has 13 heteroatoms. The Labute approximate surface area is 187 Å². The molecular formula is C20H17N5O7S. The molecule has 0 radical (unpaired) electrons. The Bertz CT molecular complexity index is 1320. The van der Waals surface area contributed by atoms with Crippen LogP contribution in [0.3, 0.4) is 0 Å². The second kappa shape index (κ2) is 9.74. The number of anilines is 2. The Morgan fingerprint density at radius 1 is 0.970 bits per heavy atom. The van der Waals surface area contributed by atoms with E-state index in [4.69, 9.17) is 4.74 Å². The lowest BCUT2D eigenvalue weighted by atomic mass is 10.2. The highest BCUT2D eigenvalue weighted by molar-refractivity contribution is 7.92. The zero-order valence-corrected chi connectivity index (χ0v) is 17.9. The molecule has 12 nitrogen and oxygen atoms in total. The number of sulfonamides is 1. The van der Waals surface area contributed by atoms with Gasteiger partial charge in [0.15, 0.2) is 0 Å². The molecule has 0 bridgehead atoms. The number of nitrogens with zero attached hydrogens (tertiary/aromatic N) is 3. The van der Waals surface area contributed by atoms with Crippen molar-refractivity contribution in [2.24, 2.45) is 5.10 Å². The molecule has 0 aliphatic rings. The standard InChI is InChI=1S/C20H17N5O7S/c1-32-17-7-5-15(6-8-17)23-33(30,31)18-9-10-19(20(12-18)25(28)29)22-21-13-14-3-2-4-16(11-14)24(26)27/h2-13,22-23H,1H3. The third kappa shape index (κ3) is 5.80. The molecule has 2 N–H and O–H groups in total. The Morgan fingerprint density at radius 3 is 2.33 bits per heavy atom. The summed E-state index contributed by atoms with van der Waals surface area (Å²) in [7, 11) is -2.63. The van der Waals surface area contributed by atoms with Gasteiger partial charge in [-0.15, -0.1) is 0 Å². The average molecular weight is 471 g/mol. The second-order valence-corrected chi connectivity index (χ2v) is 8.17. The van der Waals surface area contributed by atoms with E-state index < -0.39 is 25.6 Å². The summed E-state index contributed by atoms with van der Waals surface area (Å²) in [6.45, 7) is 0. The summed E-state index contributed by atoms with van der Waals surface area (Å²) in [5.74, 6) is 0.537. The van der Waals surface area contributed by atoms with Gasteiger partial charge >= 0.3 is 0 Å². The maximum Gasteiger partial charge on any atom is 0.295 e. The van der Waals surface area contributed by atoms with Crippen molar-refractivity contribution in [1.29, 1.82) is 0 Å². The van der Waals surface area contributed by atoms with Crippen LogP contribution in [0.25, 0.3) is 0 Å². The van der Waals surface area contributed by atoms with Crippen molar-refractivity contribution in [3.05, 3.63) is 92.5 Å². The van der Waals surface area contributed by atoms with Crippen molar-refractivity contribution in [3.8, 4) is 5.75 Å². The lowest BCUT2D eigenvalue weighted by molar-refractivity contribution is -0.384. The number of hydrogen-bond donors (Lipinski definition) is 2. The van der Waals surface area contributed by atoms with Crippen LogP contribution in [0.15, 0.2) is 76.7 Å². The minimum Gasteiger partial charge on any atom is -0.497 e. The van der Waals surface area contributed by atoms with Gasteiger partial charge in [0.25, 0.3) is 21.4 Å². The monoisotopic (exact) mass is 471 g/mol. The molecule has 0 aromatic heterocycles. The molecule has 0 spiro atoms. The van der Waals surface area contributed by atoms with E-state index >= 15 is 0 Å². The lowest BCUT2D eigenvalue weighted by Gasteiger charge is -2.10. The van der Waals surface area contributed by atoms with E-state index in [2.05, 4.69) is 15.2 Å². The van der Waals surface area contributed by atoms with Crippen LogP contribution in [0, 0.1) is 20.2 Å². The molecule has 3 aromatic rings. The minimum absolute atomic E-state index is 0.0647. The number of methoxy groups -OCH3 is 1. The highest BCUT2D eigenvalue weighted by Gasteiger charge is 2.21. The molecule has 0 heterocycles. The van der Waals surface area contributed by atoms with E-state index in [1.165, 1.54) is 55.8 Å². The van der Waals surface area contributed by atoms with Gasteiger partial charge in [-0.1, -0.05) is 12.1 Å². The second-order valence-electron chi connectivity index (χ2n) is 6.49. The number of rotatable bonds is 9. The molecule has 0 aliphatic carbocycles. The third-order valence-corrected chi connectivity index (χ3v) is 5.68. The number of nitro benzene ring substituents is 2. The van der Waals surface area contributed by atoms with Gasteiger partial charge in [-0.3, -0.25) is 30.4 Å². The molecule has 0 atom stereocenters. The first-order chi connectivity index (χ1) is 15.7. The fourth-order valence-electron chi connectivity index (χ4n) is 2.69. The number of benzene rings is 3. The molecule has 0 amide bonds. The van der Waals surface area contributed by atoms with Crippen molar-refractivity contribution >= 4 is 39.0 Å². The van der Waals surface area contributed by atoms with Gasteiger partial charge in [-0.05, 0) is 36.4 Å². The van der Waals surface area contributed by atoms with Crippen LogP contribution >= 0.6 is 0 Å². The van der Waals surface area contributed by atoms with Gasteiger partial charge in [0, 0.05) is 29.4 Å². The van der Waals surface area contributed by atoms with Crippen molar-refractivity contribution in [1.82, 2.24) is 0 Å². The summed E-state index contributed by atoms with van der Waals surface area (Å²) in [6.07, 6.45) is 1.24. The zero-order valence-electron chi connectivity index (χ0n) is 17.0. The average Bonchev–Trinajstić information content (AvgIpc) is 2.79. The van der Waals surface area contributed by atoms with Crippen LogP contribution in [0.4, 0.5) is 22.7 Å². The van der Waals surface area contributed by atoms with Gasteiger partial charge in [-0.25, -0.2) is 8.42 Å². The molecular weight excluding hydrogens is 454 g/mol. The third-order valence-electron chi connectivity index (χ3n) is 4.30. The molecule has 0 unspecified atom stereocenters. The van der Waals surface area contributed by atoms with Crippen LogP contribution in [0.1, 0.15) is 5.56 Å². The van der Waals surface area contributed by atoms with Gasteiger partial charge < -0.3 is 4.74 Å². The van der Waals surface area contributed by atoms with Gasteiger partial charge in [-0.2, -0.15) is 5.10 Å². The summed E-state index contributed by atoms with van der Waals surface area (Å²) < 4.78 is 32.7. The van der Waals surface area contributed by atoms with Crippen LogP contribution in [-0.2, 0) is 10.0 Å². The predicted molar refractivity (Wildman–Crippen MR) is 121 cm³/mol. The molecule has 0 saturated heterocycles. The molecule has 33 heavy (non-hydrogen) atoms. The van der Waals surface area contributed by atoms with Crippen LogP contribution in [-0.4, -0.2) is 31.6 Å². The minimum atomic E-state index is -4.11. The van der Waals surface area contributed by atoms with Gasteiger partial charge in [0.05, 0.1) is 28.1 Å². The van der Waals surface area contributed by atoms with Crippen molar-refractivity contribution in [2.75, 3.05) is 17.3 Å². The van der Waals surface area contributed by atoms with Crippen LogP contribution in [0.2, 0.25) is 0 Å². The first-order valence-electron chi connectivity index (χ1n) is 9.18. The number of hydrazone groups is 1. The highest BCUT2D eigenvalue weighted by Crippen LogP contribution is 2.29. The SMILES string of the molecule is COc1ccc(NS(=O)(=O)c2ccc(NN=Cc3cccc([N+](=O)[O-])c3)c([N+](=O)[O-])c2)cc1. The summed E-state index contributed by atoms with van der Waals surface area (Å²) in [5, 5.41) is 26.2. The van der Waals surface area contributed by atoms with E-state index in [0.29, 0.717) is 11.3 Å². The van der Waals surface area contributed by atoms with E-state index in [0.717, 1.165) is 6.07 Å². The Hall–Kier alpha value is -4.52. The number of non-ortho nitro benzene ring substituents is 1. The zero-order chi connectivity index (χ0) is 24.0. The number of hydrogen-bond acceptors (Lipinski definition) is 9. The fraction of sp³-hybridized carbons (Fsp3) is 0.0500. The maximum atomic E-state index is 12.7. The largest absolute Gasteiger partial charge is 0.497 e. The Kier molecular flexibility index (Phi) is 6.83. The lowest BCUT2D eigenvalue weighted by Crippen LogP contribution is -2.13. The van der Waals surface area contributed by atoms with E-state index in [1.807, 2.05) is 0 Å². The molecule has 0 fully saturated rings. The van der Waals surface area contributed by atoms with E-state index in [1.54, 1.807) is 18.2 Å². The molecule has 3 rings (SSSR count). The summed E-state index contributed by atoms with van der Waals surface area (Å²) in [4.78, 5) is 20.7. The van der Waals surface area contributed by atoms with Crippen LogP contribution < -0.4 is 14.9 Å². The first-order valence-corrected chi connectivity index (χ1v) is 10.7. The maximum absolute atomic E-state index is 12.7. The summed E-state index contributed by atoms with van der Waals surface area (Å²) >= 11 is 0. The van der Waals surface area contributed by atoms with Gasteiger partial charge in [0.1, 0.15) is 11.4 Å². The van der Waals surface area contributed by atoms with E-state index in [-0.39, 0.29) is 22.0 Å². The van der Waals surface area contributed by atoms with Gasteiger partial charge in [0.2, 0.25) is 0 Å². The quantitative estimate of drug-likeness (QED) is 0.270. The van der Waals surface area contributed by atoms with Crippen molar-refractivity contribution in [2.45, 2.75) is 4.90 Å². The topological polar surface area (TPSA) is 166 Å². The van der Waals surface area contributed by atoms with Crippen molar-refractivity contribution < 1.29 is 23.0 Å². The smallest absolute Gasteiger partial charge is 0.295 e. The number of nitro groups is 2. The summed E-state index contributed by atoms with van der Waals surface area (Å²) in [5.41, 5.74) is 2.38. The molecule has 0 aliphatic heterocycles. The van der Waals surface area contributed by atoms with Crippen molar-refractivity contribution in [3.63, 3.8) is 0 Å². The molecule has 0 saturated carbocycles. The highest BCUT2D eigenvalue weighted by atomic mass is 32.2. The van der Waals surface area contributed by atoms with E-state index in [9.17, 15) is 28.6 Å². The molecule has 3 aromatic carbocycles. The molecule has 170 valence electrons. The Morgan fingerprint density at radius 2 is 1.70 bits per heavy atom. The normalized spacial score (nSPS) is 11.2.